The zero-order chi connectivity index (χ0) is 22.1. The Kier molecular flexibility index (Phi) is 6.11. The Morgan fingerprint density at radius 3 is 2.66 bits per heavy atom. The summed E-state index contributed by atoms with van der Waals surface area (Å²) in [6.45, 7) is 7.06. The van der Waals surface area contributed by atoms with Crippen LogP contribution in [0.3, 0.4) is 0 Å². The Hall–Kier alpha value is -2.51. The fourth-order valence-electron chi connectivity index (χ4n) is 5.08. The maximum Gasteiger partial charge on any atom is 0.273 e. The van der Waals surface area contributed by atoms with Crippen molar-refractivity contribution >= 4 is 17.2 Å². The normalized spacial score (nSPS) is 21.1. The SMILES string of the molecule is CC(C)Cn1cc(-c2cnsc2)cc(N[C@H]2CC[C@@H](N3Cc4ccncc4C3)CC2)c1=O. The van der Waals surface area contributed by atoms with Crippen molar-refractivity contribution in [2.24, 2.45) is 5.92 Å². The Bertz CT molecular complexity index is 1090. The Balaban J connectivity index is 1.27. The molecule has 3 aromatic heterocycles. The number of hydrogen-bond donors (Lipinski definition) is 1. The van der Waals surface area contributed by atoms with Crippen molar-refractivity contribution in [2.75, 3.05) is 5.32 Å². The topological polar surface area (TPSA) is 63.1 Å². The van der Waals surface area contributed by atoms with E-state index in [0.717, 1.165) is 62.1 Å². The first-order chi connectivity index (χ1) is 15.6. The lowest BCUT2D eigenvalue weighted by molar-refractivity contribution is 0.152. The molecule has 0 aromatic carbocycles. The number of hydrogen-bond acceptors (Lipinski definition) is 6. The highest BCUT2D eigenvalue weighted by Crippen LogP contribution is 2.32. The highest BCUT2D eigenvalue weighted by Gasteiger charge is 2.30. The molecule has 0 amide bonds. The van der Waals surface area contributed by atoms with Crippen molar-refractivity contribution in [1.29, 1.82) is 0 Å². The highest BCUT2D eigenvalue weighted by atomic mass is 32.1. The summed E-state index contributed by atoms with van der Waals surface area (Å²) in [7, 11) is 0. The van der Waals surface area contributed by atoms with Crippen LogP contribution in [0.4, 0.5) is 5.69 Å². The predicted octanol–water partition coefficient (Wildman–Crippen LogP) is 4.76. The fraction of sp³-hybridized carbons (Fsp3) is 0.480. The molecule has 5 rings (SSSR count). The second kappa shape index (κ2) is 9.16. The summed E-state index contributed by atoms with van der Waals surface area (Å²) >= 11 is 1.44. The molecule has 0 bridgehead atoms. The summed E-state index contributed by atoms with van der Waals surface area (Å²) in [5.41, 5.74) is 5.72. The summed E-state index contributed by atoms with van der Waals surface area (Å²) in [6.07, 6.45) is 12.3. The molecule has 1 N–H and O–H groups in total. The van der Waals surface area contributed by atoms with E-state index in [-0.39, 0.29) is 5.56 Å². The molecule has 7 heteroatoms. The zero-order valence-electron chi connectivity index (χ0n) is 18.8. The molecule has 0 spiro atoms. The molecule has 0 unspecified atom stereocenters. The smallest absolute Gasteiger partial charge is 0.273 e. The quantitative estimate of drug-likeness (QED) is 0.588. The van der Waals surface area contributed by atoms with Crippen LogP contribution < -0.4 is 10.9 Å². The van der Waals surface area contributed by atoms with E-state index < -0.39 is 0 Å². The van der Waals surface area contributed by atoms with Gasteiger partial charge in [0.05, 0.1) is 0 Å². The van der Waals surface area contributed by atoms with E-state index in [2.05, 4.69) is 39.5 Å². The Labute approximate surface area is 193 Å². The second-order valence-corrected chi connectivity index (χ2v) is 10.3. The van der Waals surface area contributed by atoms with Crippen LogP contribution >= 0.6 is 11.5 Å². The molecule has 0 radical (unpaired) electrons. The molecule has 3 aromatic rings. The first-order valence-corrected chi connectivity index (χ1v) is 12.5. The maximum atomic E-state index is 13.2. The lowest BCUT2D eigenvalue weighted by atomic mass is 9.90. The minimum Gasteiger partial charge on any atom is -0.378 e. The van der Waals surface area contributed by atoms with Crippen LogP contribution in [-0.4, -0.2) is 30.9 Å². The lowest BCUT2D eigenvalue weighted by Gasteiger charge is -2.35. The average molecular weight is 450 g/mol. The van der Waals surface area contributed by atoms with Gasteiger partial charge in [-0.15, -0.1) is 0 Å². The standard InChI is InChI=1S/C25H31N5OS/c1-17(2)12-30-14-19(21-11-27-32-16-21)9-24(25(30)31)28-22-3-5-23(6-4-22)29-13-18-7-8-26-10-20(18)15-29/h7-11,14,16-17,22-23,28H,3-6,12-13,15H2,1-2H3/t22-,23+. The molecule has 1 aliphatic heterocycles. The van der Waals surface area contributed by atoms with Gasteiger partial charge in [0.25, 0.3) is 5.56 Å². The fourth-order valence-corrected chi connectivity index (χ4v) is 5.63. The molecule has 1 aliphatic carbocycles. The van der Waals surface area contributed by atoms with Gasteiger partial charge >= 0.3 is 0 Å². The molecule has 4 heterocycles. The number of pyridine rings is 2. The molecule has 1 fully saturated rings. The zero-order valence-corrected chi connectivity index (χ0v) is 19.6. The third-order valence-corrected chi connectivity index (χ3v) is 7.32. The van der Waals surface area contributed by atoms with Gasteiger partial charge in [-0.05, 0) is 66.4 Å². The molecule has 1 saturated carbocycles. The summed E-state index contributed by atoms with van der Waals surface area (Å²) in [6, 6.07) is 5.12. The molecule has 6 nitrogen and oxygen atoms in total. The van der Waals surface area contributed by atoms with Gasteiger partial charge in [-0.25, -0.2) is 4.37 Å². The van der Waals surface area contributed by atoms with Crippen molar-refractivity contribution < 1.29 is 0 Å². The van der Waals surface area contributed by atoms with Crippen LogP contribution in [0, 0.1) is 5.92 Å². The molecular formula is C25H31N5OS. The summed E-state index contributed by atoms with van der Waals surface area (Å²) < 4.78 is 6.11. The third kappa shape index (κ3) is 4.50. The van der Waals surface area contributed by atoms with Crippen LogP contribution in [0.1, 0.15) is 50.7 Å². The van der Waals surface area contributed by atoms with Crippen molar-refractivity contribution in [3.63, 3.8) is 0 Å². The highest BCUT2D eigenvalue weighted by molar-refractivity contribution is 7.03. The van der Waals surface area contributed by atoms with E-state index in [1.165, 1.54) is 22.7 Å². The molecule has 32 heavy (non-hydrogen) atoms. The summed E-state index contributed by atoms with van der Waals surface area (Å²) in [5, 5.41) is 5.65. The van der Waals surface area contributed by atoms with Crippen LogP contribution in [-0.2, 0) is 19.6 Å². The number of nitrogens with one attached hydrogen (secondary N) is 1. The van der Waals surface area contributed by atoms with Crippen LogP contribution in [0.15, 0.2) is 47.1 Å². The molecule has 0 atom stereocenters. The van der Waals surface area contributed by atoms with Gasteiger partial charge in [-0.1, -0.05) is 13.8 Å². The van der Waals surface area contributed by atoms with Crippen molar-refractivity contribution in [3.05, 3.63) is 63.8 Å². The van der Waals surface area contributed by atoms with E-state index in [4.69, 9.17) is 0 Å². The number of anilines is 1. The summed E-state index contributed by atoms with van der Waals surface area (Å²) in [4.78, 5) is 20.1. The first-order valence-electron chi connectivity index (χ1n) is 11.6. The molecule has 168 valence electrons. The number of rotatable bonds is 6. The van der Waals surface area contributed by atoms with Crippen molar-refractivity contribution in [3.8, 4) is 11.1 Å². The minimum atomic E-state index is 0.0789. The van der Waals surface area contributed by atoms with Gasteiger partial charge in [0.1, 0.15) is 5.69 Å². The van der Waals surface area contributed by atoms with Gasteiger partial charge in [-0.2, -0.15) is 0 Å². The Morgan fingerprint density at radius 2 is 1.94 bits per heavy atom. The van der Waals surface area contributed by atoms with E-state index in [1.54, 1.807) is 0 Å². The maximum absolute atomic E-state index is 13.2. The van der Waals surface area contributed by atoms with E-state index in [1.807, 2.05) is 40.8 Å². The molecule has 2 aliphatic rings. The number of fused-ring (bicyclic) bond motifs is 1. The third-order valence-electron chi connectivity index (χ3n) is 6.74. The van der Waals surface area contributed by atoms with E-state index >= 15 is 0 Å². The minimum absolute atomic E-state index is 0.0789. The lowest BCUT2D eigenvalue weighted by Crippen LogP contribution is -2.38. The van der Waals surface area contributed by atoms with Gasteiger partial charge in [-0.3, -0.25) is 14.7 Å². The molecule has 0 saturated heterocycles. The molecular weight excluding hydrogens is 418 g/mol. The first kappa shape index (κ1) is 21.3. The van der Waals surface area contributed by atoms with Crippen LogP contribution in [0.5, 0.6) is 0 Å². The van der Waals surface area contributed by atoms with Gasteiger partial charge in [0.2, 0.25) is 0 Å². The van der Waals surface area contributed by atoms with Gasteiger partial charge in [0, 0.05) is 73.0 Å². The Morgan fingerprint density at radius 1 is 1.12 bits per heavy atom. The average Bonchev–Trinajstić information content (AvgIpc) is 3.46. The van der Waals surface area contributed by atoms with E-state index in [0.29, 0.717) is 18.0 Å². The van der Waals surface area contributed by atoms with Gasteiger partial charge in [0.15, 0.2) is 0 Å². The van der Waals surface area contributed by atoms with Crippen molar-refractivity contribution in [2.45, 2.75) is 71.2 Å². The predicted molar refractivity (Wildman–Crippen MR) is 130 cm³/mol. The largest absolute Gasteiger partial charge is 0.378 e. The van der Waals surface area contributed by atoms with Crippen LogP contribution in [0.25, 0.3) is 11.1 Å². The number of nitrogens with zero attached hydrogens (tertiary/aromatic N) is 4. The number of aromatic nitrogens is 3. The monoisotopic (exact) mass is 449 g/mol. The second-order valence-electron chi connectivity index (χ2n) is 9.61. The van der Waals surface area contributed by atoms with Crippen LogP contribution in [0.2, 0.25) is 0 Å². The van der Waals surface area contributed by atoms with Gasteiger partial charge < -0.3 is 9.88 Å². The van der Waals surface area contributed by atoms with E-state index in [9.17, 15) is 4.79 Å². The summed E-state index contributed by atoms with van der Waals surface area (Å²) in [5.74, 6) is 0.409. The van der Waals surface area contributed by atoms with Crippen molar-refractivity contribution in [1.82, 2.24) is 18.8 Å².